The van der Waals surface area contributed by atoms with E-state index in [1.807, 2.05) is 39.1 Å². The summed E-state index contributed by atoms with van der Waals surface area (Å²) >= 11 is 0. The van der Waals surface area contributed by atoms with Crippen LogP contribution in [0.4, 0.5) is 5.82 Å². The first kappa shape index (κ1) is 29.8. The summed E-state index contributed by atoms with van der Waals surface area (Å²) in [6.07, 6.45) is 7.42. The largest absolute Gasteiger partial charge is 0.492 e. The number of pyridine rings is 2. The van der Waals surface area contributed by atoms with Crippen molar-refractivity contribution in [3.05, 3.63) is 42.4 Å². The molecule has 0 N–H and O–H groups in total. The Morgan fingerprint density at radius 1 is 1.07 bits per heavy atom. The van der Waals surface area contributed by atoms with E-state index in [0.717, 1.165) is 87.7 Å². The molecule has 0 radical (unpaired) electrons. The summed E-state index contributed by atoms with van der Waals surface area (Å²) in [6, 6.07) is 8.30. The molecule has 2 fully saturated rings. The number of piperazine rings is 1. The molecular weight excluding hydrogens is 530 g/mol. The summed E-state index contributed by atoms with van der Waals surface area (Å²) in [4.78, 5) is 25.1. The van der Waals surface area contributed by atoms with Crippen LogP contribution in [0.2, 0.25) is 0 Å². The molecule has 0 bridgehead atoms. The molecule has 2 aliphatic rings. The van der Waals surface area contributed by atoms with Gasteiger partial charge in [-0.25, -0.2) is 9.50 Å². The van der Waals surface area contributed by atoms with E-state index in [-0.39, 0.29) is 17.5 Å². The number of carbonyl (C=O) groups is 1. The predicted octanol–water partition coefficient (Wildman–Crippen LogP) is 4.23. The van der Waals surface area contributed by atoms with Crippen LogP contribution in [0.15, 0.2) is 36.8 Å². The highest BCUT2D eigenvalue weighted by atomic mass is 16.5. The van der Waals surface area contributed by atoms with Gasteiger partial charge in [0, 0.05) is 63.1 Å². The standard InChI is InChI=1S/C32H43N7O3/c1-5-36-13-15-37(16-14-36)23-32(18-30(40)42-24(3)4)9-11-38(12-10-32)29-8-7-25(20-34-29)28-17-27(41-6-2)22-39-31(28)26(19-33)21-35-39/h7-8,17,20-22,24H,5-6,9-16,18,23H2,1-4H3. The molecule has 5 rings (SSSR count). The fraction of sp³-hybridized carbons (Fsp3) is 0.562. The lowest BCUT2D eigenvalue weighted by Crippen LogP contribution is -2.53. The van der Waals surface area contributed by atoms with Crippen LogP contribution in [0.25, 0.3) is 16.6 Å². The third-order valence-electron chi connectivity index (χ3n) is 8.58. The van der Waals surface area contributed by atoms with E-state index >= 15 is 0 Å². The Balaban J connectivity index is 1.32. The third kappa shape index (κ3) is 6.69. The van der Waals surface area contributed by atoms with E-state index in [2.05, 4.69) is 38.9 Å². The van der Waals surface area contributed by atoms with Gasteiger partial charge in [0.1, 0.15) is 17.6 Å². The molecule has 42 heavy (non-hydrogen) atoms. The Bertz CT molecular complexity index is 1400. The van der Waals surface area contributed by atoms with Crippen LogP contribution in [0.3, 0.4) is 0 Å². The fourth-order valence-corrected chi connectivity index (χ4v) is 6.33. The van der Waals surface area contributed by atoms with Gasteiger partial charge in [0.05, 0.1) is 42.6 Å². The minimum atomic E-state index is -0.104. The molecule has 2 saturated heterocycles. The number of nitrogens with zero attached hydrogens (tertiary/aromatic N) is 7. The first-order chi connectivity index (χ1) is 20.3. The van der Waals surface area contributed by atoms with E-state index in [0.29, 0.717) is 24.3 Å². The van der Waals surface area contributed by atoms with Gasteiger partial charge in [0.25, 0.3) is 0 Å². The van der Waals surface area contributed by atoms with Gasteiger partial charge in [-0.3, -0.25) is 4.79 Å². The number of rotatable bonds is 10. The summed E-state index contributed by atoms with van der Waals surface area (Å²) in [5, 5.41) is 14.0. The second-order valence-electron chi connectivity index (χ2n) is 11.8. The topological polar surface area (TPSA) is 99.2 Å². The van der Waals surface area contributed by atoms with Gasteiger partial charge in [-0.1, -0.05) is 6.92 Å². The number of carbonyl (C=O) groups excluding carboxylic acids is 1. The van der Waals surface area contributed by atoms with Crippen molar-refractivity contribution in [2.24, 2.45) is 5.41 Å². The monoisotopic (exact) mass is 573 g/mol. The van der Waals surface area contributed by atoms with Crippen molar-refractivity contribution >= 4 is 17.3 Å². The summed E-state index contributed by atoms with van der Waals surface area (Å²) in [5.74, 6) is 1.51. The number of piperidine rings is 1. The van der Waals surface area contributed by atoms with E-state index in [9.17, 15) is 10.1 Å². The second kappa shape index (κ2) is 13.1. The van der Waals surface area contributed by atoms with Crippen LogP contribution in [0.5, 0.6) is 5.75 Å². The normalized spacial score (nSPS) is 17.9. The van der Waals surface area contributed by atoms with Gasteiger partial charge < -0.3 is 24.2 Å². The molecule has 0 saturated carbocycles. The number of aromatic nitrogens is 3. The van der Waals surface area contributed by atoms with Crippen molar-refractivity contribution in [1.82, 2.24) is 24.4 Å². The van der Waals surface area contributed by atoms with Crippen molar-refractivity contribution in [2.75, 3.05) is 63.9 Å². The molecule has 10 heteroatoms. The summed E-state index contributed by atoms with van der Waals surface area (Å²) in [5.41, 5.74) is 2.91. The van der Waals surface area contributed by atoms with E-state index in [4.69, 9.17) is 14.5 Å². The number of anilines is 1. The SMILES string of the molecule is CCOc1cc(-c2ccc(N3CCC(CC(=O)OC(C)C)(CN4CCN(CC)CC4)CC3)nc2)c2c(C#N)cnn2c1. The number of likely N-dealkylation sites (N-methyl/N-ethyl adjacent to an activating group) is 1. The molecule has 0 atom stereocenters. The molecule has 224 valence electrons. The van der Waals surface area contributed by atoms with Gasteiger partial charge in [0.2, 0.25) is 0 Å². The highest BCUT2D eigenvalue weighted by Gasteiger charge is 2.39. The average molecular weight is 574 g/mol. The zero-order chi connectivity index (χ0) is 29.7. The Morgan fingerprint density at radius 3 is 2.43 bits per heavy atom. The zero-order valence-corrected chi connectivity index (χ0v) is 25.4. The highest BCUT2D eigenvalue weighted by molar-refractivity contribution is 5.85. The van der Waals surface area contributed by atoms with Crippen molar-refractivity contribution in [3.8, 4) is 22.9 Å². The number of hydrogen-bond acceptors (Lipinski definition) is 9. The molecule has 0 aliphatic carbocycles. The smallest absolute Gasteiger partial charge is 0.306 e. The lowest BCUT2D eigenvalue weighted by atomic mass is 9.75. The molecule has 10 nitrogen and oxygen atoms in total. The molecule has 0 aromatic carbocycles. The fourth-order valence-electron chi connectivity index (χ4n) is 6.33. The minimum absolute atomic E-state index is 0.0923. The molecule has 0 unspecified atom stereocenters. The molecule has 0 spiro atoms. The molecule has 2 aliphatic heterocycles. The minimum Gasteiger partial charge on any atom is -0.492 e. The van der Waals surface area contributed by atoms with E-state index in [1.54, 1.807) is 16.9 Å². The van der Waals surface area contributed by atoms with Gasteiger partial charge in [-0.05, 0) is 63.8 Å². The van der Waals surface area contributed by atoms with E-state index in [1.165, 1.54) is 0 Å². The van der Waals surface area contributed by atoms with E-state index < -0.39 is 0 Å². The van der Waals surface area contributed by atoms with Gasteiger partial charge in [-0.2, -0.15) is 10.4 Å². The van der Waals surface area contributed by atoms with Gasteiger partial charge >= 0.3 is 5.97 Å². The summed E-state index contributed by atoms with van der Waals surface area (Å²) < 4.78 is 13.1. The predicted molar refractivity (Wildman–Crippen MR) is 163 cm³/mol. The molecule has 3 aromatic heterocycles. The Labute approximate surface area is 248 Å². The van der Waals surface area contributed by atoms with Crippen LogP contribution < -0.4 is 9.64 Å². The number of ether oxygens (including phenoxy) is 2. The maximum Gasteiger partial charge on any atom is 0.306 e. The summed E-state index contributed by atoms with van der Waals surface area (Å²) in [7, 11) is 0. The molecule has 3 aromatic rings. The molecule has 0 amide bonds. The Morgan fingerprint density at radius 2 is 1.81 bits per heavy atom. The average Bonchev–Trinajstić information content (AvgIpc) is 3.40. The number of fused-ring (bicyclic) bond motifs is 1. The van der Waals surface area contributed by atoms with Crippen molar-refractivity contribution in [2.45, 2.75) is 53.1 Å². The zero-order valence-electron chi connectivity index (χ0n) is 25.4. The Kier molecular flexibility index (Phi) is 9.29. The Hall–Kier alpha value is -3.68. The van der Waals surface area contributed by atoms with Crippen LogP contribution in [0.1, 0.15) is 52.5 Å². The maximum atomic E-state index is 12.9. The van der Waals surface area contributed by atoms with Crippen LogP contribution in [-0.4, -0.2) is 95.4 Å². The number of esters is 1. The maximum absolute atomic E-state index is 12.9. The second-order valence-corrected chi connectivity index (χ2v) is 11.8. The van der Waals surface area contributed by atoms with Crippen molar-refractivity contribution in [1.29, 1.82) is 5.26 Å². The first-order valence-electron chi connectivity index (χ1n) is 15.2. The first-order valence-corrected chi connectivity index (χ1v) is 15.2. The lowest BCUT2D eigenvalue weighted by Gasteiger charge is -2.46. The van der Waals surface area contributed by atoms with Crippen molar-refractivity contribution in [3.63, 3.8) is 0 Å². The van der Waals surface area contributed by atoms with Crippen LogP contribution in [-0.2, 0) is 9.53 Å². The quantitative estimate of drug-likeness (QED) is 0.330. The van der Waals surface area contributed by atoms with Crippen LogP contribution >= 0.6 is 0 Å². The number of nitriles is 1. The number of hydrogen-bond donors (Lipinski definition) is 0. The van der Waals surface area contributed by atoms with Gasteiger partial charge in [0.15, 0.2) is 0 Å². The molecular formula is C32H43N7O3. The van der Waals surface area contributed by atoms with Crippen LogP contribution in [0, 0.1) is 16.7 Å². The van der Waals surface area contributed by atoms with Crippen molar-refractivity contribution < 1.29 is 14.3 Å². The summed E-state index contributed by atoms with van der Waals surface area (Å²) in [6.45, 7) is 16.5. The van der Waals surface area contributed by atoms with Gasteiger partial charge in [-0.15, -0.1) is 0 Å². The molecule has 5 heterocycles. The highest BCUT2D eigenvalue weighted by Crippen LogP contribution is 2.38. The third-order valence-corrected chi connectivity index (χ3v) is 8.58. The lowest BCUT2D eigenvalue weighted by molar-refractivity contribution is -0.151.